The minimum atomic E-state index is -1.38. The first-order valence-electron chi connectivity index (χ1n) is 4.64. The van der Waals surface area contributed by atoms with E-state index in [9.17, 15) is 9.59 Å². The van der Waals surface area contributed by atoms with Gasteiger partial charge in [0.1, 0.15) is 0 Å². The van der Waals surface area contributed by atoms with Crippen molar-refractivity contribution in [1.82, 2.24) is 0 Å². The van der Waals surface area contributed by atoms with Gasteiger partial charge in [0.05, 0.1) is 0 Å². The van der Waals surface area contributed by atoms with E-state index >= 15 is 0 Å². The largest absolute Gasteiger partial charge is 0.481 e. The van der Waals surface area contributed by atoms with Gasteiger partial charge in [0.15, 0.2) is 5.92 Å². The Morgan fingerprint density at radius 2 is 1.75 bits per heavy atom. The Labute approximate surface area is 101 Å². The maximum atomic E-state index is 10.7. The topological polar surface area (TPSA) is 74.6 Å². The van der Waals surface area contributed by atoms with Crippen molar-refractivity contribution in [3.05, 3.63) is 35.4 Å². The summed E-state index contributed by atoms with van der Waals surface area (Å²) in [5.74, 6) is -4.00. The van der Waals surface area contributed by atoms with E-state index in [-0.39, 0.29) is 6.42 Å². The molecule has 0 unspecified atom stereocenters. The van der Waals surface area contributed by atoms with Crippen LogP contribution in [-0.2, 0) is 21.3 Å². The molecule has 1 aromatic carbocycles. The van der Waals surface area contributed by atoms with Crippen molar-refractivity contribution in [2.45, 2.75) is 11.8 Å². The van der Waals surface area contributed by atoms with Gasteiger partial charge in [-0.1, -0.05) is 40.2 Å². The summed E-state index contributed by atoms with van der Waals surface area (Å²) >= 11 is 3.28. The molecule has 4 nitrogen and oxygen atoms in total. The molecule has 0 saturated carbocycles. The van der Waals surface area contributed by atoms with Crippen molar-refractivity contribution in [3.8, 4) is 0 Å². The Balaban J connectivity index is 2.85. The Morgan fingerprint density at radius 3 is 2.25 bits per heavy atom. The monoisotopic (exact) mass is 286 g/mol. The van der Waals surface area contributed by atoms with Crippen LogP contribution in [0.25, 0.3) is 0 Å². The molecular weight excluding hydrogens is 276 g/mol. The minimum absolute atomic E-state index is 0.00546. The summed E-state index contributed by atoms with van der Waals surface area (Å²) in [4.78, 5) is 21.4. The second kappa shape index (κ2) is 5.65. The average Bonchev–Trinajstić information content (AvgIpc) is 2.25. The molecule has 0 spiro atoms. The molecule has 2 N–H and O–H groups in total. The first kappa shape index (κ1) is 12.7. The molecule has 0 amide bonds. The lowest BCUT2D eigenvalue weighted by atomic mass is 9.98. The van der Waals surface area contributed by atoms with Crippen LogP contribution in [0, 0.1) is 5.92 Å². The van der Waals surface area contributed by atoms with E-state index in [1.54, 1.807) is 18.2 Å². The minimum Gasteiger partial charge on any atom is -0.481 e. The molecule has 0 fully saturated rings. The Kier molecular flexibility index (Phi) is 4.49. The molecule has 5 heteroatoms. The molecule has 0 atom stereocenters. The summed E-state index contributed by atoms with van der Waals surface area (Å²) in [6.07, 6.45) is 0.00546. The van der Waals surface area contributed by atoms with E-state index < -0.39 is 17.9 Å². The average molecular weight is 287 g/mol. The highest BCUT2D eigenvalue weighted by Crippen LogP contribution is 2.13. The first-order valence-corrected chi connectivity index (χ1v) is 5.76. The van der Waals surface area contributed by atoms with Gasteiger partial charge in [0.25, 0.3) is 0 Å². The normalized spacial score (nSPS) is 10.4. The summed E-state index contributed by atoms with van der Waals surface area (Å²) in [6, 6.07) is 7.19. The molecule has 0 aromatic heterocycles. The molecule has 0 aliphatic rings. The predicted octanol–water partition coefficient (Wildman–Crippen LogP) is 1.91. The zero-order chi connectivity index (χ0) is 12.1. The van der Waals surface area contributed by atoms with Gasteiger partial charge in [-0.3, -0.25) is 9.59 Å². The van der Waals surface area contributed by atoms with Crippen molar-refractivity contribution in [1.29, 1.82) is 0 Å². The van der Waals surface area contributed by atoms with Crippen LogP contribution in [0.2, 0.25) is 0 Å². The van der Waals surface area contributed by atoms with E-state index in [0.29, 0.717) is 10.9 Å². The molecule has 16 heavy (non-hydrogen) atoms. The van der Waals surface area contributed by atoms with Gasteiger partial charge in [-0.2, -0.15) is 0 Å². The summed E-state index contributed by atoms with van der Waals surface area (Å²) in [5, 5.41) is 18.1. The smallest absolute Gasteiger partial charge is 0.318 e. The lowest BCUT2D eigenvalue weighted by Crippen LogP contribution is -2.25. The number of rotatable bonds is 5. The van der Waals surface area contributed by atoms with Crippen molar-refractivity contribution in [3.63, 3.8) is 0 Å². The van der Waals surface area contributed by atoms with Crippen LogP contribution < -0.4 is 0 Å². The number of hydrogen-bond acceptors (Lipinski definition) is 2. The van der Waals surface area contributed by atoms with Crippen LogP contribution >= 0.6 is 15.9 Å². The van der Waals surface area contributed by atoms with Gasteiger partial charge in [0.2, 0.25) is 0 Å². The van der Waals surface area contributed by atoms with Gasteiger partial charge < -0.3 is 10.2 Å². The zero-order valence-electron chi connectivity index (χ0n) is 8.39. The highest BCUT2D eigenvalue weighted by molar-refractivity contribution is 9.08. The number of carboxylic acid groups (broad SMARTS) is 2. The summed E-state index contributed by atoms with van der Waals surface area (Å²) in [6.45, 7) is 0. The standard InChI is InChI=1S/C11H11BrO4/c12-6-8-3-1-2-7(4-8)5-9(10(13)14)11(15)16/h1-4,9H,5-6H2,(H,13,14)(H,15,16). The molecular formula is C11H11BrO4. The van der Waals surface area contributed by atoms with Crippen LogP contribution in [0.3, 0.4) is 0 Å². The van der Waals surface area contributed by atoms with Gasteiger partial charge in [0, 0.05) is 5.33 Å². The lowest BCUT2D eigenvalue weighted by Gasteiger charge is -2.08. The number of aliphatic carboxylic acids is 2. The van der Waals surface area contributed by atoms with Crippen molar-refractivity contribution < 1.29 is 19.8 Å². The highest BCUT2D eigenvalue weighted by atomic mass is 79.9. The first-order chi connectivity index (χ1) is 7.54. The number of carbonyl (C=O) groups is 2. The van der Waals surface area contributed by atoms with Gasteiger partial charge in [-0.05, 0) is 17.5 Å². The van der Waals surface area contributed by atoms with Crippen LogP contribution in [0.4, 0.5) is 0 Å². The van der Waals surface area contributed by atoms with E-state index in [4.69, 9.17) is 10.2 Å². The van der Waals surface area contributed by atoms with Crippen LogP contribution in [0.5, 0.6) is 0 Å². The van der Waals surface area contributed by atoms with Crippen molar-refractivity contribution in [2.75, 3.05) is 0 Å². The number of carboxylic acids is 2. The molecule has 0 saturated heterocycles. The number of halogens is 1. The van der Waals surface area contributed by atoms with Crippen molar-refractivity contribution in [2.24, 2.45) is 5.92 Å². The molecule has 0 aliphatic carbocycles. The number of hydrogen-bond donors (Lipinski definition) is 2. The number of benzene rings is 1. The number of alkyl halides is 1. The van der Waals surface area contributed by atoms with E-state index in [1.165, 1.54) is 0 Å². The predicted molar refractivity (Wildman–Crippen MR) is 61.5 cm³/mol. The van der Waals surface area contributed by atoms with E-state index in [1.807, 2.05) is 6.07 Å². The fourth-order valence-corrected chi connectivity index (χ4v) is 1.70. The molecule has 0 bridgehead atoms. The Morgan fingerprint density at radius 1 is 1.19 bits per heavy atom. The van der Waals surface area contributed by atoms with E-state index in [2.05, 4.69) is 15.9 Å². The Bertz CT molecular complexity index is 389. The summed E-state index contributed by atoms with van der Waals surface area (Å²) < 4.78 is 0. The second-order valence-corrected chi connectivity index (χ2v) is 3.95. The quantitative estimate of drug-likeness (QED) is 0.641. The third kappa shape index (κ3) is 3.34. The molecule has 86 valence electrons. The third-order valence-corrected chi connectivity index (χ3v) is 2.83. The summed E-state index contributed by atoms with van der Waals surface area (Å²) in [7, 11) is 0. The molecule has 0 heterocycles. The fourth-order valence-electron chi connectivity index (χ4n) is 1.36. The lowest BCUT2D eigenvalue weighted by molar-refractivity contribution is -0.154. The zero-order valence-corrected chi connectivity index (χ0v) is 9.98. The van der Waals surface area contributed by atoms with Crippen LogP contribution in [-0.4, -0.2) is 22.2 Å². The molecule has 0 radical (unpaired) electrons. The van der Waals surface area contributed by atoms with E-state index in [0.717, 1.165) is 5.56 Å². The molecule has 1 aromatic rings. The third-order valence-electron chi connectivity index (χ3n) is 2.18. The summed E-state index contributed by atoms with van der Waals surface area (Å²) in [5.41, 5.74) is 1.71. The maximum Gasteiger partial charge on any atom is 0.318 e. The SMILES string of the molecule is O=C(O)C(Cc1cccc(CBr)c1)C(=O)O. The second-order valence-electron chi connectivity index (χ2n) is 3.39. The van der Waals surface area contributed by atoms with Crippen LogP contribution in [0.15, 0.2) is 24.3 Å². The van der Waals surface area contributed by atoms with Gasteiger partial charge in [-0.25, -0.2) is 0 Å². The van der Waals surface area contributed by atoms with Gasteiger partial charge >= 0.3 is 11.9 Å². The molecule has 0 aliphatic heterocycles. The Hall–Kier alpha value is -1.36. The molecule has 1 rings (SSSR count). The van der Waals surface area contributed by atoms with Gasteiger partial charge in [-0.15, -0.1) is 0 Å². The highest BCUT2D eigenvalue weighted by Gasteiger charge is 2.25. The maximum absolute atomic E-state index is 10.7. The van der Waals surface area contributed by atoms with Crippen LogP contribution in [0.1, 0.15) is 11.1 Å². The fraction of sp³-hybridized carbons (Fsp3) is 0.273. The van der Waals surface area contributed by atoms with Crippen molar-refractivity contribution >= 4 is 27.9 Å².